The van der Waals surface area contributed by atoms with Crippen LogP contribution in [0.25, 0.3) is 0 Å². The molecule has 18 heavy (non-hydrogen) atoms. The second-order valence-corrected chi connectivity index (χ2v) is 4.29. The first kappa shape index (κ1) is 12.3. The zero-order valence-corrected chi connectivity index (χ0v) is 9.82. The number of aliphatic carboxylic acids is 1. The first-order chi connectivity index (χ1) is 8.66. The number of hydrogen-bond acceptors (Lipinski definition) is 3. The van der Waals surface area contributed by atoms with E-state index in [9.17, 15) is 9.59 Å². The molecule has 96 valence electrons. The summed E-state index contributed by atoms with van der Waals surface area (Å²) >= 11 is 0. The van der Waals surface area contributed by atoms with Gasteiger partial charge >= 0.3 is 5.97 Å². The Labute approximate surface area is 104 Å². The number of carbonyl (C=O) groups excluding carboxylic acids is 1. The normalized spacial score (nSPS) is 23.3. The third-order valence-corrected chi connectivity index (χ3v) is 3.09. The molecule has 0 aliphatic heterocycles. The van der Waals surface area contributed by atoms with Gasteiger partial charge < -0.3 is 15.0 Å². The van der Waals surface area contributed by atoms with Gasteiger partial charge in [-0.15, -0.1) is 0 Å². The van der Waals surface area contributed by atoms with Crippen LogP contribution in [0.1, 0.15) is 25.3 Å². The molecule has 0 bridgehead atoms. The standard InChI is InChI=1S/C12H15N3O3/c16-11(4-5-12(17)18)14-9-2-1-3-10(9)15-7-6-13-8-15/h4-10H,1-3H2,(H,14,16)(H,17,18)/b5-4+. The van der Waals surface area contributed by atoms with E-state index in [-0.39, 0.29) is 18.0 Å². The molecule has 2 unspecified atom stereocenters. The van der Waals surface area contributed by atoms with Gasteiger partial charge in [0.15, 0.2) is 0 Å². The van der Waals surface area contributed by atoms with E-state index in [1.807, 2.05) is 10.8 Å². The monoisotopic (exact) mass is 249 g/mol. The first-order valence-corrected chi connectivity index (χ1v) is 5.86. The predicted octanol–water partition coefficient (Wildman–Crippen LogP) is 0.734. The van der Waals surface area contributed by atoms with Crippen molar-refractivity contribution in [1.29, 1.82) is 0 Å². The molecule has 6 nitrogen and oxygen atoms in total. The molecule has 0 spiro atoms. The lowest BCUT2D eigenvalue weighted by Crippen LogP contribution is -2.37. The average Bonchev–Trinajstić information content (AvgIpc) is 2.95. The maximum atomic E-state index is 11.5. The van der Waals surface area contributed by atoms with Crippen molar-refractivity contribution in [1.82, 2.24) is 14.9 Å². The lowest BCUT2D eigenvalue weighted by molar-refractivity contribution is -0.131. The van der Waals surface area contributed by atoms with Gasteiger partial charge in [0.05, 0.1) is 12.4 Å². The largest absolute Gasteiger partial charge is 0.478 e. The van der Waals surface area contributed by atoms with Crippen molar-refractivity contribution >= 4 is 11.9 Å². The Morgan fingerprint density at radius 2 is 2.22 bits per heavy atom. The summed E-state index contributed by atoms with van der Waals surface area (Å²) in [6, 6.07) is 0.236. The molecular formula is C12H15N3O3. The lowest BCUT2D eigenvalue weighted by Gasteiger charge is -2.21. The number of carboxylic acid groups (broad SMARTS) is 1. The molecule has 0 aromatic carbocycles. The first-order valence-electron chi connectivity index (χ1n) is 5.86. The van der Waals surface area contributed by atoms with Crippen LogP contribution in [-0.4, -0.2) is 32.6 Å². The van der Waals surface area contributed by atoms with E-state index >= 15 is 0 Å². The van der Waals surface area contributed by atoms with E-state index in [0.29, 0.717) is 0 Å². The van der Waals surface area contributed by atoms with Crippen molar-refractivity contribution in [3.63, 3.8) is 0 Å². The molecule has 6 heteroatoms. The summed E-state index contributed by atoms with van der Waals surface area (Å²) in [5, 5.41) is 11.3. The zero-order valence-electron chi connectivity index (χ0n) is 9.82. The second kappa shape index (κ2) is 5.48. The van der Waals surface area contributed by atoms with Gasteiger partial charge in [-0.1, -0.05) is 0 Å². The van der Waals surface area contributed by atoms with Crippen LogP contribution >= 0.6 is 0 Å². The molecule has 2 rings (SSSR count). The van der Waals surface area contributed by atoms with E-state index in [1.165, 1.54) is 0 Å². The topological polar surface area (TPSA) is 84.2 Å². The number of rotatable bonds is 4. The summed E-state index contributed by atoms with van der Waals surface area (Å²) in [6.07, 6.45) is 10.1. The number of imidazole rings is 1. The van der Waals surface area contributed by atoms with E-state index in [1.54, 1.807) is 12.5 Å². The predicted molar refractivity (Wildman–Crippen MR) is 63.8 cm³/mol. The number of aromatic nitrogens is 2. The van der Waals surface area contributed by atoms with Gasteiger partial charge in [-0.25, -0.2) is 9.78 Å². The van der Waals surface area contributed by atoms with E-state index in [2.05, 4.69) is 10.3 Å². The quantitative estimate of drug-likeness (QED) is 0.770. The minimum atomic E-state index is -1.12. The maximum absolute atomic E-state index is 11.5. The van der Waals surface area contributed by atoms with E-state index in [4.69, 9.17) is 5.11 Å². The SMILES string of the molecule is O=C(O)/C=C/C(=O)NC1CCCC1n1ccnc1. The fourth-order valence-corrected chi connectivity index (χ4v) is 2.31. The smallest absolute Gasteiger partial charge is 0.328 e. The molecule has 1 aromatic rings. The van der Waals surface area contributed by atoms with Crippen LogP contribution in [0.2, 0.25) is 0 Å². The van der Waals surface area contributed by atoms with Crippen molar-refractivity contribution in [2.45, 2.75) is 31.3 Å². The summed E-state index contributed by atoms with van der Waals surface area (Å²) in [5.74, 6) is -1.49. The fourth-order valence-electron chi connectivity index (χ4n) is 2.31. The van der Waals surface area contributed by atoms with Crippen LogP contribution in [0.4, 0.5) is 0 Å². The van der Waals surface area contributed by atoms with Crippen molar-refractivity contribution in [3.8, 4) is 0 Å². The van der Waals surface area contributed by atoms with Crippen LogP contribution in [0, 0.1) is 0 Å². The lowest BCUT2D eigenvalue weighted by atomic mass is 10.1. The Kier molecular flexibility index (Phi) is 3.76. The highest BCUT2D eigenvalue weighted by molar-refractivity contribution is 5.94. The molecule has 0 saturated heterocycles. The fraction of sp³-hybridized carbons (Fsp3) is 0.417. The molecular weight excluding hydrogens is 234 g/mol. The molecule has 2 atom stereocenters. The number of carbonyl (C=O) groups is 2. The van der Waals surface area contributed by atoms with Crippen molar-refractivity contribution in [2.75, 3.05) is 0 Å². The molecule has 1 amide bonds. The minimum Gasteiger partial charge on any atom is -0.478 e. The van der Waals surface area contributed by atoms with Crippen LogP contribution < -0.4 is 5.32 Å². The van der Waals surface area contributed by atoms with Gasteiger partial charge in [-0.3, -0.25) is 4.79 Å². The molecule has 2 N–H and O–H groups in total. The van der Waals surface area contributed by atoms with Crippen LogP contribution in [0.15, 0.2) is 30.9 Å². The van der Waals surface area contributed by atoms with Gasteiger partial charge in [-0.2, -0.15) is 0 Å². The molecule has 1 heterocycles. The number of carboxylic acids is 1. The summed E-state index contributed by atoms with van der Waals surface area (Å²) in [4.78, 5) is 25.8. The molecule has 1 saturated carbocycles. The molecule has 1 aromatic heterocycles. The Bertz CT molecular complexity index is 453. The number of nitrogens with zero attached hydrogens (tertiary/aromatic N) is 2. The number of nitrogens with one attached hydrogen (secondary N) is 1. The van der Waals surface area contributed by atoms with Crippen molar-refractivity contribution in [2.24, 2.45) is 0 Å². The maximum Gasteiger partial charge on any atom is 0.328 e. The molecule has 0 radical (unpaired) electrons. The Hall–Kier alpha value is -2.11. The van der Waals surface area contributed by atoms with Crippen LogP contribution in [0.3, 0.4) is 0 Å². The summed E-state index contributed by atoms with van der Waals surface area (Å²) < 4.78 is 1.98. The Morgan fingerprint density at radius 3 is 2.89 bits per heavy atom. The molecule has 1 aliphatic rings. The second-order valence-electron chi connectivity index (χ2n) is 4.29. The number of hydrogen-bond donors (Lipinski definition) is 2. The van der Waals surface area contributed by atoms with E-state index < -0.39 is 5.97 Å². The van der Waals surface area contributed by atoms with Gasteiger partial charge in [-0.05, 0) is 19.3 Å². The Balaban J connectivity index is 1.96. The summed E-state index contributed by atoms with van der Waals surface area (Å²) in [7, 11) is 0. The number of amides is 1. The minimum absolute atomic E-state index is 0.0325. The van der Waals surface area contributed by atoms with Gasteiger partial charge in [0.25, 0.3) is 0 Å². The van der Waals surface area contributed by atoms with Crippen molar-refractivity contribution < 1.29 is 14.7 Å². The summed E-state index contributed by atoms with van der Waals surface area (Å²) in [5.41, 5.74) is 0. The average molecular weight is 249 g/mol. The van der Waals surface area contributed by atoms with Crippen molar-refractivity contribution in [3.05, 3.63) is 30.9 Å². The van der Waals surface area contributed by atoms with Gasteiger partial charge in [0.1, 0.15) is 0 Å². The Morgan fingerprint density at radius 1 is 1.39 bits per heavy atom. The highest BCUT2D eigenvalue weighted by atomic mass is 16.4. The highest BCUT2D eigenvalue weighted by Gasteiger charge is 2.29. The molecule has 1 aliphatic carbocycles. The summed E-state index contributed by atoms with van der Waals surface area (Å²) in [6.45, 7) is 0. The highest BCUT2D eigenvalue weighted by Crippen LogP contribution is 2.29. The van der Waals surface area contributed by atoms with Crippen LogP contribution in [0.5, 0.6) is 0 Å². The van der Waals surface area contributed by atoms with E-state index in [0.717, 1.165) is 31.4 Å². The van der Waals surface area contributed by atoms with Gasteiger partial charge in [0.2, 0.25) is 5.91 Å². The van der Waals surface area contributed by atoms with Crippen LogP contribution in [-0.2, 0) is 9.59 Å². The third-order valence-electron chi connectivity index (χ3n) is 3.09. The van der Waals surface area contributed by atoms with Gasteiger partial charge in [0, 0.05) is 30.6 Å². The zero-order chi connectivity index (χ0) is 13.0. The third kappa shape index (κ3) is 2.97. The molecule has 1 fully saturated rings.